The Balaban J connectivity index is 3.42. The molecule has 1 aromatic carbocycles. The van der Waals surface area contributed by atoms with Crippen molar-refractivity contribution in [2.24, 2.45) is 0 Å². The first-order valence-electron chi connectivity index (χ1n) is 6.15. The summed E-state index contributed by atoms with van der Waals surface area (Å²) in [6, 6.07) is 1.12. The number of hydrogen-bond donors (Lipinski definition) is 2. The molecule has 1 rings (SSSR count). The lowest BCUT2D eigenvalue weighted by Gasteiger charge is -2.20. The SMILES string of the molecule is Cc1c(Br)cc(C(=O)O)c([N+](=O)[O-])c1NC(=O)OC(C)(C)C. The van der Waals surface area contributed by atoms with Crippen molar-refractivity contribution in [3.63, 3.8) is 0 Å². The van der Waals surface area contributed by atoms with E-state index in [1.54, 1.807) is 20.8 Å². The van der Waals surface area contributed by atoms with Gasteiger partial charge in [-0.15, -0.1) is 0 Å². The van der Waals surface area contributed by atoms with E-state index in [9.17, 15) is 19.7 Å². The van der Waals surface area contributed by atoms with E-state index in [0.717, 1.165) is 6.07 Å². The third-order valence-electron chi connectivity index (χ3n) is 2.54. The molecule has 9 heteroatoms. The number of anilines is 1. The van der Waals surface area contributed by atoms with Gasteiger partial charge in [-0.1, -0.05) is 15.9 Å². The van der Waals surface area contributed by atoms with Crippen molar-refractivity contribution in [1.82, 2.24) is 0 Å². The van der Waals surface area contributed by atoms with Crippen LogP contribution in [0.2, 0.25) is 0 Å². The van der Waals surface area contributed by atoms with Crippen LogP contribution in [0, 0.1) is 17.0 Å². The molecule has 1 amide bonds. The lowest BCUT2D eigenvalue weighted by atomic mass is 10.1. The van der Waals surface area contributed by atoms with Gasteiger partial charge in [-0.05, 0) is 39.3 Å². The largest absolute Gasteiger partial charge is 0.477 e. The normalized spacial score (nSPS) is 11.0. The Bertz CT molecular complexity index is 651. The minimum Gasteiger partial charge on any atom is -0.477 e. The summed E-state index contributed by atoms with van der Waals surface area (Å²) in [5, 5.41) is 22.6. The van der Waals surface area contributed by atoms with Gasteiger partial charge in [0.25, 0.3) is 0 Å². The van der Waals surface area contributed by atoms with E-state index >= 15 is 0 Å². The standard InChI is InChI=1S/C13H15BrN2O6/c1-6-8(14)5-7(11(17)18)10(16(20)21)9(6)15-12(19)22-13(2,3)4/h5H,1-4H3,(H,15,19)(H,17,18). The van der Waals surface area contributed by atoms with Crippen LogP contribution in [0.1, 0.15) is 36.7 Å². The lowest BCUT2D eigenvalue weighted by molar-refractivity contribution is -0.384. The number of nitrogens with zero attached hydrogens (tertiary/aromatic N) is 1. The third kappa shape index (κ3) is 4.17. The lowest BCUT2D eigenvalue weighted by Crippen LogP contribution is -2.28. The van der Waals surface area contributed by atoms with Crippen molar-refractivity contribution in [2.75, 3.05) is 5.32 Å². The Morgan fingerprint density at radius 1 is 1.41 bits per heavy atom. The Kier molecular flexibility index (Phi) is 5.13. The van der Waals surface area contributed by atoms with Gasteiger partial charge in [0, 0.05) is 4.47 Å². The molecule has 2 N–H and O–H groups in total. The highest BCUT2D eigenvalue weighted by Gasteiger charge is 2.30. The van der Waals surface area contributed by atoms with Gasteiger partial charge in [0.05, 0.1) is 4.92 Å². The first-order chi connectivity index (χ1) is 9.94. The molecule has 1 aromatic rings. The number of halogens is 1. The molecule has 8 nitrogen and oxygen atoms in total. The fourth-order valence-corrected chi connectivity index (χ4v) is 2.07. The molecule has 0 aromatic heterocycles. The average Bonchev–Trinajstić information content (AvgIpc) is 2.31. The zero-order valence-corrected chi connectivity index (χ0v) is 14.0. The summed E-state index contributed by atoms with van der Waals surface area (Å²) in [6.45, 7) is 6.42. The van der Waals surface area contributed by atoms with E-state index in [1.165, 1.54) is 6.92 Å². The molecule has 0 aliphatic heterocycles. The topological polar surface area (TPSA) is 119 Å². The molecule has 22 heavy (non-hydrogen) atoms. The van der Waals surface area contributed by atoms with Crippen molar-refractivity contribution in [3.05, 3.63) is 31.8 Å². The predicted molar refractivity (Wildman–Crippen MR) is 82.3 cm³/mol. The summed E-state index contributed by atoms with van der Waals surface area (Å²) in [5.41, 5.74) is -1.92. The minimum absolute atomic E-state index is 0.217. The molecule has 0 fully saturated rings. The number of hydrogen-bond acceptors (Lipinski definition) is 5. The number of ether oxygens (including phenoxy) is 1. The van der Waals surface area contributed by atoms with Gasteiger partial charge in [0.15, 0.2) is 0 Å². The Labute approximate surface area is 134 Å². The molecule has 0 saturated carbocycles. The molecular weight excluding hydrogens is 360 g/mol. The van der Waals surface area contributed by atoms with Crippen LogP contribution in [-0.2, 0) is 4.74 Å². The smallest absolute Gasteiger partial charge is 0.412 e. The quantitative estimate of drug-likeness (QED) is 0.614. The third-order valence-corrected chi connectivity index (χ3v) is 3.36. The van der Waals surface area contributed by atoms with Gasteiger partial charge < -0.3 is 9.84 Å². The number of carbonyl (C=O) groups is 2. The number of benzene rings is 1. The van der Waals surface area contributed by atoms with Crippen LogP contribution in [0.3, 0.4) is 0 Å². The minimum atomic E-state index is -1.47. The van der Waals surface area contributed by atoms with E-state index in [-0.39, 0.29) is 5.69 Å². The van der Waals surface area contributed by atoms with Gasteiger partial charge >= 0.3 is 17.7 Å². The van der Waals surface area contributed by atoms with Crippen LogP contribution in [-0.4, -0.2) is 27.7 Å². The Hall–Kier alpha value is -2.16. The zero-order chi connectivity index (χ0) is 17.2. The molecule has 0 aliphatic rings. The number of nitrogens with one attached hydrogen (secondary N) is 1. The van der Waals surface area contributed by atoms with Crippen LogP contribution in [0.5, 0.6) is 0 Å². The summed E-state index contributed by atoms with van der Waals surface area (Å²) in [6.07, 6.45) is -0.909. The highest BCUT2D eigenvalue weighted by Crippen LogP contribution is 2.37. The number of carboxylic acid groups (broad SMARTS) is 1. The monoisotopic (exact) mass is 374 g/mol. The number of amides is 1. The van der Waals surface area contributed by atoms with Crippen molar-refractivity contribution in [2.45, 2.75) is 33.3 Å². The molecule has 0 aliphatic carbocycles. The molecule has 0 atom stereocenters. The molecule has 120 valence electrons. The van der Waals surface area contributed by atoms with E-state index < -0.39 is 33.8 Å². The summed E-state index contributed by atoms with van der Waals surface area (Å²) in [4.78, 5) is 33.4. The van der Waals surface area contributed by atoms with E-state index in [4.69, 9.17) is 9.84 Å². The molecular formula is C13H15BrN2O6. The average molecular weight is 375 g/mol. The zero-order valence-electron chi connectivity index (χ0n) is 12.4. The van der Waals surface area contributed by atoms with Crippen LogP contribution in [0.4, 0.5) is 16.2 Å². The number of nitro benzene ring substituents is 1. The number of rotatable bonds is 3. The maximum Gasteiger partial charge on any atom is 0.412 e. The maximum absolute atomic E-state index is 11.8. The van der Waals surface area contributed by atoms with E-state index in [2.05, 4.69) is 21.2 Å². The van der Waals surface area contributed by atoms with E-state index in [1.807, 2.05) is 0 Å². The molecule has 0 spiro atoms. The van der Waals surface area contributed by atoms with Crippen molar-refractivity contribution in [1.29, 1.82) is 0 Å². The summed E-state index contributed by atoms with van der Waals surface area (Å²) in [5.74, 6) is -1.47. The fraction of sp³-hybridized carbons (Fsp3) is 0.385. The van der Waals surface area contributed by atoms with Crippen LogP contribution in [0.25, 0.3) is 0 Å². The number of aromatic carboxylic acids is 1. The van der Waals surface area contributed by atoms with E-state index in [0.29, 0.717) is 10.0 Å². The molecule has 0 unspecified atom stereocenters. The second kappa shape index (κ2) is 6.30. The fourth-order valence-electron chi connectivity index (χ4n) is 1.65. The second-order valence-corrected chi connectivity index (χ2v) is 6.30. The highest BCUT2D eigenvalue weighted by atomic mass is 79.9. The maximum atomic E-state index is 11.8. The molecule has 0 saturated heterocycles. The summed E-state index contributed by atoms with van der Waals surface area (Å²) >= 11 is 3.12. The van der Waals surface area contributed by atoms with Gasteiger partial charge in [-0.3, -0.25) is 15.4 Å². The van der Waals surface area contributed by atoms with Crippen LogP contribution < -0.4 is 5.32 Å². The van der Waals surface area contributed by atoms with Crippen molar-refractivity contribution >= 4 is 39.4 Å². The first-order valence-corrected chi connectivity index (χ1v) is 6.94. The number of carboxylic acids is 1. The second-order valence-electron chi connectivity index (χ2n) is 5.44. The van der Waals surface area contributed by atoms with Gasteiger partial charge in [0.2, 0.25) is 0 Å². The Morgan fingerprint density at radius 2 is 1.95 bits per heavy atom. The van der Waals surface area contributed by atoms with Crippen molar-refractivity contribution in [3.8, 4) is 0 Å². The van der Waals surface area contributed by atoms with Gasteiger partial charge in [-0.2, -0.15) is 0 Å². The predicted octanol–water partition coefficient (Wildman–Crippen LogP) is 3.71. The first kappa shape index (κ1) is 17.9. The molecule has 0 heterocycles. The number of nitro groups is 1. The molecule has 0 bridgehead atoms. The highest BCUT2D eigenvalue weighted by molar-refractivity contribution is 9.10. The van der Waals surface area contributed by atoms with Crippen molar-refractivity contribution < 1.29 is 24.4 Å². The number of carbonyl (C=O) groups excluding carboxylic acids is 1. The Morgan fingerprint density at radius 3 is 2.36 bits per heavy atom. The van der Waals surface area contributed by atoms with Crippen LogP contribution >= 0.6 is 15.9 Å². The molecule has 0 radical (unpaired) electrons. The summed E-state index contributed by atoms with van der Waals surface area (Å²) in [7, 11) is 0. The summed E-state index contributed by atoms with van der Waals surface area (Å²) < 4.78 is 5.36. The van der Waals surface area contributed by atoms with Crippen LogP contribution in [0.15, 0.2) is 10.5 Å². The van der Waals surface area contributed by atoms with Gasteiger partial charge in [0.1, 0.15) is 16.9 Å². The van der Waals surface area contributed by atoms with Gasteiger partial charge in [-0.25, -0.2) is 9.59 Å².